The molecule has 2 aromatic rings. The molecular formula is C15H18BrNO2. The Morgan fingerprint density at radius 3 is 2.58 bits per heavy atom. The van der Waals surface area contributed by atoms with Crippen LogP contribution in [-0.2, 0) is 0 Å². The third-order valence-electron chi connectivity index (χ3n) is 3.11. The van der Waals surface area contributed by atoms with Gasteiger partial charge in [-0.3, -0.25) is 0 Å². The van der Waals surface area contributed by atoms with E-state index < -0.39 is 6.10 Å². The minimum absolute atomic E-state index is 0.234. The van der Waals surface area contributed by atoms with E-state index in [0.29, 0.717) is 12.3 Å². The van der Waals surface area contributed by atoms with E-state index >= 15 is 0 Å². The van der Waals surface area contributed by atoms with E-state index in [4.69, 9.17) is 4.42 Å². The van der Waals surface area contributed by atoms with Crippen LogP contribution < -0.4 is 5.32 Å². The molecule has 0 aliphatic carbocycles. The third-order valence-corrected chi connectivity index (χ3v) is 3.64. The normalized spacial score (nSPS) is 14.3. The molecule has 1 aromatic carbocycles. The van der Waals surface area contributed by atoms with Crippen molar-refractivity contribution in [2.45, 2.75) is 25.5 Å². The zero-order chi connectivity index (χ0) is 13.7. The Hall–Kier alpha value is -1.10. The van der Waals surface area contributed by atoms with E-state index in [1.54, 1.807) is 18.4 Å². The lowest BCUT2D eigenvalue weighted by Gasteiger charge is -2.19. The Balaban J connectivity index is 1.94. The van der Waals surface area contributed by atoms with Crippen molar-refractivity contribution >= 4 is 15.9 Å². The Kier molecular flexibility index (Phi) is 5.19. The number of aliphatic hydroxyl groups excluding tert-OH is 1. The van der Waals surface area contributed by atoms with Crippen molar-refractivity contribution in [3.63, 3.8) is 0 Å². The Bertz CT molecular complexity index is 481. The molecule has 0 spiro atoms. The molecule has 102 valence electrons. The van der Waals surface area contributed by atoms with E-state index in [1.165, 1.54) is 5.56 Å². The van der Waals surface area contributed by atoms with Crippen LogP contribution in [-0.4, -0.2) is 11.7 Å². The van der Waals surface area contributed by atoms with Crippen molar-refractivity contribution in [2.75, 3.05) is 6.54 Å². The van der Waals surface area contributed by atoms with Gasteiger partial charge in [-0.15, -0.1) is 0 Å². The van der Waals surface area contributed by atoms with Gasteiger partial charge in [0.05, 0.1) is 6.26 Å². The number of furan rings is 1. The van der Waals surface area contributed by atoms with Gasteiger partial charge in [0.15, 0.2) is 0 Å². The van der Waals surface area contributed by atoms with E-state index in [0.717, 1.165) is 10.9 Å². The predicted molar refractivity (Wildman–Crippen MR) is 78.8 cm³/mol. The lowest BCUT2D eigenvalue weighted by atomic mass is 10.0. The number of benzene rings is 1. The number of hydrogen-bond acceptors (Lipinski definition) is 3. The number of aliphatic hydroxyl groups is 1. The molecule has 19 heavy (non-hydrogen) atoms. The number of hydrogen-bond donors (Lipinski definition) is 2. The van der Waals surface area contributed by atoms with Gasteiger partial charge in [-0.05, 0) is 36.2 Å². The second-order valence-corrected chi connectivity index (χ2v) is 5.37. The second-order valence-electron chi connectivity index (χ2n) is 4.45. The Morgan fingerprint density at radius 2 is 2.00 bits per heavy atom. The zero-order valence-electron chi connectivity index (χ0n) is 10.8. The fourth-order valence-electron chi connectivity index (χ4n) is 2.03. The topological polar surface area (TPSA) is 45.4 Å². The molecule has 0 radical (unpaired) electrons. The lowest BCUT2D eigenvalue weighted by Crippen LogP contribution is -2.26. The van der Waals surface area contributed by atoms with Crippen molar-refractivity contribution in [3.05, 3.63) is 58.5 Å². The first-order chi connectivity index (χ1) is 9.20. The van der Waals surface area contributed by atoms with Crippen LogP contribution in [0.1, 0.15) is 36.8 Å². The highest BCUT2D eigenvalue weighted by Crippen LogP contribution is 2.20. The molecule has 1 heterocycles. The molecule has 0 saturated heterocycles. The maximum absolute atomic E-state index is 9.98. The maximum Gasteiger partial charge on any atom is 0.133 e. The Morgan fingerprint density at radius 1 is 1.26 bits per heavy atom. The highest BCUT2D eigenvalue weighted by atomic mass is 79.9. The summed E-state index contributed by atoms with van der Waals surface area (Å²) in [5.41, 5.74) is 1.22. The van der Waals surface area contributed by atoms with Crippen LogP contribution in [0, 0.1) is 0 Å². The SMILES string of the molecule is CCC(NCC(O)c1ccco1)c1ccc(Br)cc1. The molecule has 2 atom stereocenters. The maximum atomic E-state index is 9.98. The van der Waals surface area contributed by atoms with Crippen molar-refractivity contribution in [1.82, 2.24) is 5.32 Å². The summed E-state index contributed by atoms with van der Waals surface area (Å²) in [7, 11) is 0. The summed E-state index contributed by atoms with van der Waals surface area (Å²) in [6, 6.07) is 12.0. The summed E-state index contributed by atoms with van der Waals surface area (Å²) in [6.07, 6.45) is 1.93. The summed E-state index contributed by atoms with van der Waals surface area (Å²) >= 11 is 3.43. The summed E-state index contributed by atoms with van der Waals surface area (Å²) < 4.78 is 6.26. The fourth-order valence-corrected chi connectivity index (χ4v) is 2.29. The van der Waals surface area contributed by atoms with Crippen LogP contribution in [0.5, 0.6) is 0 Å². The van der Waals surface area contributed by atoms with Crippen LogP contribution in [0.3, 0.4) is 0 Å². The average Bonchev–Trinajstić information content (AvgIpc) is 2.95. The first kappa shape index (κ1) is 14.3. The smallest absolute Gasteiger partial charge is 0.133 e. The van der Waals surface area contributed by atoms with Gasteiger partial charge in [0.2, 0.25) is 0 Å². The first-order valence-electron chi connectivity index (χ1n) is 6.41. The van der Waals surface area contributed by atoms with E-state index in [2.05, 4.69) is 40.3 Å². The molecule has 0 bridgehead atoms. The standard InChI is InChI=1S/C15H18BrNO2/c1-2-13(11-5-7-12(16)8-6-11)17-10-14(18)15-4-3-9-19-15/h3-9,13-14,17-18H,2,10H2,1H3. The molecule has 3 nitrogen and oxygen atoms in total. The molecule has 0 saturated carbocycles. The molecule has 0 fully saturated rings. The second kappa shape index (κ2) is 6.89. The number of rotatable bonds is 6. The molecule has 2 N–H and O–H groups in total. The number of halogens is 1. The van der Waals surface area contributed by atoms with E-state index in [9.17, 15) is 5.11 Å². The molecule has 1 aromatic heterocycles. The van der Waals surface area contributed by atoms with E-state index in [1.807, 2.05) is 12.1 Å². The monoisotopic (exact) mass is 323 g/mol. The van der Waals surface area contributed by atoms with Crippen LogP contribution in [0.25, 0.3) is 0 Å². The fraction of sp³-hybridized carbons (Fsp3) is 0.333. The predicted octanol–water partition coefficient (Wildman–Crippen LogP) is 3.82. The van der Waals surface area contributed by atoms with Crippen molar-refractivity contribution in [1.29, 1.82) is 0 Å². The van der Waals surface area contributed by atoms with Gasteiger partial charge < -0.3 is 14.8 Å². The molecule has 2 unspecified atom stereocenters. The average molecular weight is 324 g/mol. The third kappa shape index (κ3) is 3.93. The molecule has 0 aliphatic rings. The molecular weight excluding hydrogens is 306 g/mol. The van der Waals surface area contributed by atoms with Crippen molar-refractivity contribution in [3.8, 4) is 0 Å². The summed E-state index contributed by atoms with van der Waals surface area (Å²) in [4.78, 5) is 0. The van der Waals surface area contributed by atoms with Gasteiger partial charge >= 0.3 is 0 Å². The van der Waals surface area contributed by atoms with Crippen LogP contribution in [0.15, 0.2) is 51.6 Å². The first-order valence-corrected chi connectivity index (χ1v) is 7.20. The zero-order valence-corrected chi connectivity index (χ0v) is 12.4. The largest absolute Gasteiger partial charge is 0.467 e. The minimum Gasteiger partial charge on any atom is -0.467 e. The van der Waals surface area contributed by atoms with Gasteiger partial charge in [-0.2, -0.15) is 0 Å². The van der Waals surface area contributed by atoms with Crippen LogP contribution >= 0.6 is 15.9 Å². The quantitative estimate of drug-likeness (QED) is 0.849. The van der Waals surface area contributed by atoms with Gasteiger partial charge in [-0.25, -0.2) is 0 Å². The molecule has 0 aliphatic heterocycles. The van der Waals surface area contributed by atoms with Gasteiger partial charge in [0.1, 0.15) is 11.9 Å². The van der Waals surface area contributed by atoms with E-state index in [-0.39, 0.29) is 6.04 Å². The highest BCUT2D eigenvalue weighted by molar-refractivity contribution is 9.10. The summed E-state index contributed by atoms with van der Waals surface area (Å²) in [5, 5.41) is 13.3. The minimum atomic E-state index is -0.612. The molecule has 4 heteroatoms. The van der Waals surface area contributed by atoms with Crippen molar-refractivity contribution < 1.29 is 9.52 Å². The highest BCUT2D eigenvalue weighted by Gasteiger charge is 2.14. The molecule has 2 rings (SSSR count). The summed E-state index contributed by atoms with van der Waals surface area (Å²) in [6.45, 7) is 2.60. The van der Waals surface area contributed by atoms with Crippen LogP contribution in [0.2, 0.25) is 0 Å². The van der Waals surface area contributed by atoms with Crippen molar-refractivity contribution in [2.24, 2.45) is 0 Å². The molecule has 0 amide bonds. The lowest BCUT2D eigenvalue weighted by molar-refractivity contribution is 0.143. The number of nitrogens with one attached hydrogen (secondary N) is 1. The van der Waals surface area contributed by atoms with Gasteiger partial charge in [0, 0.05) is 17.1 Å². The Labute approximate surface area is 121 Å². The van der Waals surface area contributed by atoms with Crippen LogP contribution in [0.4, 0.5) is 0 Å². The van der Waals surface area contributed by atoms with Gasteiger partial charge in [-0.1, -0.05) is 35.0 Å². The summed E-state index contributed by atoms with van der Waals surface area (Å²) in [5.74, 6) is 0.596. The van der Waals surface area contributed by atoms with Gasteiger partial charge in [0.25, 0.3) is 0 Å².